The zero-order valence-electron chi connectivity index (χ0n) is 12.8. The Balaban J connectivity index is 1.87. The minimum absolute atomic E-state index is 0.0711. The molecule has 0 aliphatic carbocycles. The number of amides is 1. The standard InChI is InChI=1S/C17H24N2O2/c1-12-3-5-16-15(9-12)14(11-18-16)4-6-17(21)19-10-13(2)7-8-20/h3,5,9,11,13,18,20H,4,6-8,10H2,1-2H3,(H,19,21). The number of carbonyl (C=O) groups excluding carboxylic acids is 1. The van der Waals surface area contributed by atoms with E-state index in [1.165, 1.54) is 16.5 Å². The van der Waals surface area contributed by atoms with Crippen molar-refractivity contribution in [2.24, 2.45) is 5.92 Å². The van der Waals surface area contributed by atoms with E-state index >= 15 is 0 Å². The number of hydrogen-bond donors (Lipinski definition) is 3. The smallest absolute Gasteiger partial charge is 0.220 e. The lowest BCUT2D eigenvalue weighted by Gasteiger charge is -2.10. The van der Waals surface area contributed by atoms with Crippen molar-refractivity contribution in [1.29, 1.82) is 0 Å². The first kappa shape index (κ1) is 15.6. The van der Waals surface area contributed by atoms with Gasteiger partial charge < -0.3 is 15.4 Å². The van der Waals surface area contributed by atoms with Crippen LogP contribution in [0.25, 0.3) is 10.9 Å². The van der Waals surface area contributed by atoms with Gasteiger partial charge >= 0.3 is 0 Å². The van der Waals surface area contributed by atoms with E-state index in [1.54, 1.807) is 0 Å². The first-order chi connectivity index (χ1) is 10.1. The van der Waals surface area contributed by atoms with E-state index in [4.69, 9.17) is 5.11 Å². The third kappa shape index (κ3) is 4.33. The Labute approximate surface area is 125 Å². The van der Waals surface area contributed by atoms with Gasteiger partial charge in [-0.25, -0.2) is 0 Å². The summed E-state index contributed by atoms with van der Waals surface area (Å²) in [7, 11) is 0. The Hall–Kier alpha value is -1.81. The number of aromatic amines is 1. The molecule has 0 aliphatic heterocycles. The number of aliphatic hydroxyl groups excluding tert-OH is 1. The highest BCUT2D eigenvalue weighted by atomic mass is 16.3. The molecule has 0 aliphatic rings. The third-order valence-electron chi connectivity index (χ3n) is 3.81. The van der Waals surface area contributed by atoms with Crippen LogP contribution in [0.3, 0.4) is 0 Å². The maximum absolute atomic E-state index is 11.9. The topological polar surface area (TPSA) is 65.1 Å². The highest BCUT2D eigenvalue weighted by Crippen LogP contribution is 2.20. The molecule has 4 nitrogen and oxygen atoms in total. The van der Waals surface area contributed by atoms with Gasteiger partial charge in [0.1, 0.15) is 0 Å². The van der Waals surface area contributed by atoms with Gasteiger partial charge in [-0.2, -0.15) is 0 Å². The van der Waals surface area contributed by atoms with Crippen molar-refractivity contribution in [1.82, 2.24) is 10.3 Å². The minimum Gasteiger partial charge on any atom is -0.396 e. The summed E-state index contributed by atoms with van der Waals surface area (Å²) in [6.07, 6.45) is 3.95. The maximum Gasteiger partial charge on any atom is 0.220 e. The van der Waals surface area contributed by atoms with Crippen LogP contribution in [0.1, 0.15) is 30.9 Å². The fraction of sp³-hybridized carbons (Fsp3) is 0.471. The monoisotopic (exact) mass is 288 g/mol. The summed E-state index contributed by atoms with van der Waals surface area (Å²) in [5.41, 5.74) is 3.53. The van der Waals surface area contributed by atoms with E-state index in [1.807, 2.05) is 13.1 Å². The van der Waals surface area contributed by atoms with E-state index in [2.05, 4.69) is 35.4 Å². The van der Waals surface area contributed by atoms with E-state index in [9.17, 15) is 4.79 Å². The molecule has 4 heteroatoms. The molecule has 2 rings (SSSR count). The van der Waals surface area contributed by atoms with Crippen LogP contribution < -0.4 is 5.32 Å². The Morgan fingerprint density at radius 1 is 1.43 bits per heavy atom. The van der Waals surface area contributed by atoms with Crippen molar-refractivity contribution < 1.29 is 9.90 Å². The van der Waals surface area contributed by atoms with Crippen molar-refractivity contribution in [3.63, 3.8) is 0 Å². The number of hydrogen-bond acceptors (Lipinski definition) is 2. The number of H-pyrrole nitrogens is 1. The van der Waals surface area contributed by atoms with Crippen molar-refractivity contribution in [3.05, 3.63) is 35.5 Å². The van der Waals surface area contributed by atoms with Crippen molar-refractivity contribution in [2.75, 3.05) is 13.2 Å². The van der Waals surface area contributed by atoms with Gasteiger partial charge in [0.15, 0.2) is 0 Å². The molecule has 0 radical (unpaired) electrons. The molecule has 0 fully saturated rings. The number of fused-ring (bicyclic) bond motifs is 1. The number of aliphatic hydroxyl groups is 1. The predicted octanol–water partition coefficient (Wildman–Crippen LogP) is 2.54. The highest BCUT2D eigenvalue weighted by molar-refractivity contribution is 5.84. The number of carbonyl (C=O) groups is 1. The first-order valence-corrected chi connectivity index (χ1v) is 7.54. The molecule has 0 bridgehead atoms. The third-order valence-corrected chi connectivity index (χ3v) is 3.81. The lowest BCUT2D eigenvalue weighted by Crippen LogP contribution is -2.28. The molecule has 1 heterocycles. The number of aryl methyl sites for hydroxylation is 2. The van der Waals surface area contributed by atoms with Crippen molar-refractivity contribution in [3.8, 4) is 0 Å². The quantitative estimate of drug-likeness (QED) is 0.733. The van der Waals surface area contributed by atoms with Gasteiger partial charge in [-0.15, -0.1) is 0 Å². The van der Waals surface area contributed by atoms with Gasteiger partial charge in [0, 0.05) is 36.7 Å². The number of aromatic nitrogens is 1. The second-order valence-electron chi connectivity index (χ2n) is 5.78. The zero-order valence-corrected chi connectivity index (χ0v) is 12.8. The Bertz CT molecular complexity index is 604. The van der Waals surface area contributed by atoms with Crippen LogP contribution in [0, 0.1) is 12.8 Å². The Morgan fingerprint density at radius 3 is 3.00 bits per heavy atom. The molecule has 2 aromatic rings. The molecule has 0 saturated heterocycles. The molecular weight excluding hydrogens is 264 g/mol. The molecule has 1 atom stereocenters. The van der Waals surface area contributed by atoms with E-state index in [-0.39, 0.29) is 12.5 Å². The average molecular weight is 288 g/mol. The highest BCUT2D eigenvalue weighted by Gasteiger charge is 2.08. The van der Waals surface area contributed by atoms with Crippen LogP contribution in [0.5, 0.6) is 0 Å². The summed E-state index contributed by atoms with van der Waals surface area (Å²) in [6.45, 7) is 4.91. The second-order valence-corrected chi connectivity index (χ2v) is 5.78. The number of nitrogens with one attached hydrogen (secondary N) is 2. The normalized spacial score (nSPS) is 12.5. The summed E-state index contributed by atoms with van der Waals surface area (Å²) in [4.78, 5) is 15.1. The fourth-order valence-corrected chi connectivity index (χ4v) is 2.45. The van der Waals surface area contributed by atoms with Crippen LogP contribution in [-0.4, -0.2) is 29.1 Å². The number of rotatable bonds is 7. The summed E-state index contributed by atoms with van der Waals surface area (Å²) in [5.74, 6) is 0.386. The first-order valence-electron chi connectivity index (χ1n) is 7.54. The van der Waals surface area contributed by atoms with Crippen LogP contribution in [0.2, 0.25) is 0 Å². The molecule has 1 unspecified atom stereocenters. The Kier molecular flexibility index (Phi) is 5.39. The van der Waals surface area contributed by atoms with Gasteiger partial charge in [0.25, 0.3) is 0 Å². The molecule has 0 saturated carbocycles. The predicted molar refractivity (Wildman–Crippen MR) is 85.2 cm³/mol. The van der Waals surface area contributed by atoms with Crippen LogP contribution in [0.4, 0.5) is 0 Å². The molecule has 1 amide bonds. The summed E-state index contributed by atoms with van der Waals surface area (Å²) >= 11 is 0. The van der Waals surface area contributed by atoms with Gasteiger partial charge in [-0.1, -0.05) is 18.6 Å². The lowest BCUT2D eigenvalue weighted by atomic mass is 10.1. The van der Waals surface area contributed by atoms with Crippen LogP contribution >= 0.6 is 0 Å². The molecule has 1 aromatic carbocycles. The van der Waals surface area contributed by atoms with E-state index < -0.39 is 0 Å². The maximum atomic E-state index is 11.9. The molecule has 3 N–H and O–H groups in total. The molecule has 114 valence electrons. The SMILES string of the molecule is Cc1ccc2[nH]cc(CCC(=O)NCC(C)CCO)c2c1. The minimum atomic E-state index is 0.0711. The largest absolute Gasteiger partial charge is 0.396 e. The lowest BCUT2D eigenvalue weighted by molar-refractivity contribution is -0.121. The zero-order chi connectivity index (χ0) is 15.2. The van der Waals surface area contributed by atoms with Gasteiger partial charge in [0.2, 0.25) is 5.91 Å². The van der Waals surface area contributed by atoms with Crippen molar-refractivity contribution >= 4 is 16.8 Å². The second kappa shape index (κ2) is 7.27. The molecule has 1 aromatic heterocycles. The molecular formula is C17H24N2O2. The average Bonchev–Trinajstić information content (AvgIpc) is 2.85. The Morgan fingerprint density at radius 2 is 2.24 bits per heavy atom. The van der Waals surface area contributed by atoms with Crippen LogP contribution in [-0.2, 0) is 11.2 Å². The molecule has 0 spiro atoms. The number of benzene rings is 1. The summed E-state index contributed by atoms with van der Waals surface area (Å²) in [6, 6.07) is 6.31. The summed E-state index contributed by atoms with van der Waals surface area (Å²) in [5, 5.41) is 13.0. The fourth-order valence-electron chi connectivity index (χ4n) is 2.45. The summed E-state index contributed by atoms with van der Waals surface area (Å²) < 4.78 is 0. The van der Waals surface area contributed by atoms with E-state index in [0.717, 1.165) is 18.4 Å². The van der Waals surface area contributed by atoms with Crippen LogP contribution in [0.15, 0.2) is 24.4 Å². The van der Waals surface area contributed by atoms with Crippen molar-refractivity contribution in [2.45, 2.75) is 33.1 Å². The molecule has 21 heavy (non-hydrogen) atoms. The van der Waals surface area contributed by atoms with Gasteiger partial charge in [0.05, 0.1) is 0 Å². The van der Waals surface area contributed by atoms with Gasteiger partial charge in [-0.05, 0) is 43.4 Å². The van der Waals surface area contributed by atoms with Gasteiger partial charge in [-0.3, -0.25) is 4.79 Å². The van der Waals surface area contributed by atoms with E-state index in [0.29, 0.717) is 18.9 Å².